The van der Waals surface area contributed by atoms with Crippen molar-refractivity contribution in [2.45, 2.75) is 108 Å². The zero-order valence-electron chi connectivity index (χ0n) is 34.7. The van der Waals surface area contributed by atoms with Crippen molar-refractivity contribution in [3.63, 3.8) is 0 Å². The number of H-pyrrole nitrogens is 1. The van der Waals surface area contributed by atoms with Crippen LogP contribution in [-0.4, -0.2) is 117 Å². The van der Waals surface area contributed by atoms with Crippen LogP contribution >= 0.6 is 0 Å². The normalized spacial score (nSPS) is 14.6. The molecule has 1 heterocycles. The molecule has 0 aliphatic heterocycles. The van der Waals surface area contributed by atoms with Gasteiger partial charge in [0.1, 0.15) is 48.4 Å². The summed E-state index contributed by atoms with van der Waals surface area (Å²) in [5.74, 6) is -6.81. The van der Waals surface area contributed by atoms with Crippen molar-refractivity contribution in [1.82, 2.24) is 41.9 Å². The number of carbonyl (C=O) groups is 8. The molecule has 7 amide bonds. The molecular weight excluding hydrogens is 793 g/mol. The number of rotatable bonds is 22. The van der Waals surface area contributed by atoms with Crippen molar-refractivity contribution in [2.24, 2.45) is 11.5 Å². The third-order valence-electron chi connectivity index (χ3n) is 8.88. The third-order valence-corrected chi connectivity index (χ3v) is 8.88. The molecule has 1 aromatic heterocycles. The van der Waals surface area contributed by atoms with Crippen LogP contribution in [-0.2, 0) is 62.4 Å². The summed E-state index contributed by atoms with van der Waals surface area (Å²) in [6.45, 7) is 7.13. The molecule has 0 aliphatic carbocycles. The van der Waals surface area contributed by atoms with E-state index in [1.54, 1.807) is 81.4 Å². The molecule has 0 saturated carbocycles. The zero-order valence-corrected chi connectivity index (χ0v) is 34.7. The molecule has 0 spiro atoms. The van der Waals surface area contributed by atoms with Gasteiger partial charge in [-0.25, -0.2) is 4.98 Å². The highest BCUT2D eigenvalue weighted by Crippen LogP contribution is 2.09. The standard InChI is InChI=1S/C41H56N10O10/c1-23(47-37(57)29(17-26-14-10-7-11-15-26)51-40(60)34(43)24(2)52)35(55)48-30(18-27-20-44-22-46-27)38(58)50-31(19-32(42)53)39(59)49-28(16-25-12-8-6-9-13-25)36(56)45-21-33(54)61-41(3,4)5/h6-15,20,22-24,28-31,34,52H,16-19,21,43H2,1-5H3,(H2,42,53)(H,44,46)(H,45,56)(H,47,57)(H,48,55)(H,49,59)(H,50,58)(H,51,60)/t23-,24+,28-,29-,30-,31-,34-/m0/s1. The zero-order chi connectivity index (χ0) is 45.3. The van der Waals surface area contributed by atoms with Crippen LogP contribution < -0.4 is 43.4 Å². The Kier molecular flexibility index (Phi) is 18.5. The second kappa shape index (κ2) is 23.2. The Balaban J connectivity index is 1.80. The number of benzene rings is 2. The van der Waals surface area contributed by atoms with Gasteiger partial charge < -0.3 is 58.2 Å². The smallest absolute Gasteiger partial charge is 0.325 e. The topological polar surface area (TPSA) is 319 Å². The van der Waals surface area contributed by atoms with E-state index in [2.05, 4.69) is 41.9 Å². The van der Waals surface area contributed by atoms with Crippen LogP contribution in [0.5, 0.6) is 0 Å². The third kappa shape index (κ3) is 17.2. The number of aliphatic hydroxyl groups excluding tert-OH is 1. The van der Waals surface area contributed by atoms with Crippen LogP contribution in [0.2, 0.25) is 0 Å². The molecule has 0 saturated heterocycles. The van der Waals surface area contributed by atoms with E-state index >= 15 is 0 Å². The summed E-state index contributed by atoms with van der Waals surface area (Å²) in [5.41, 5.74) is 12.1. The van der Waals surface area contributed by atoms with Gasteiger partial charge in [-0.15, -0.1) is 0 Å². The molecule has 0 unspecified atom stereocenters. The van der Waals surface area contributed by atoms with Crippen LogP contribution in [0, 0.1) is 0 Å². The number of hydrogen-bond acceptors (Lipinski definition) is 12. The van der Waals surface area contributed by atoms with Crippen LogP contribution in [0.25, 0.3) is 0 Å². The first kappa shape index (κ1) is 48.7. The summed E-state index contributed by atoms with van der Waals surface area (Å²) in [6, 6.07) is 9.08. The maximum atomic E-state index is 13.9. The average Bonchev–Trinajstić information content (AvgIpc) is 3.71. The summed E-state index contributed by atoms with van der Waals surface area (Å²) < 4.78 is 5.25. The molecule has 0 fully saturated rings. The first-order chi connectivity index (χ1) is 28.7. The largest absolute Gasteiger partial charge is 0.459 e. The van der Waals surface area contributed by atoms with E-state index in [9.17, 15) is 43.5 Å². The quantitative estimate of drug-likeness (QED) is 0.0488. The molecule has 20 heteroatoms. The van der Waals surface area contributed by atoms with Gasteiger partial charge in [0.25, 0.3) is 0 Å². The van der Waals surface area contributed by atoms with Gasteiger partial charge in [-0.3, -0.25) is 38.4 Å². The summed E-state index contributed by atoms with van der Waals surface area (Å²) in [5, 5.41) is 24.8. The number of nitrogens with two attached hydrogens (primary N) is 2. The number of hydrogen-bond donors (Lipinski definition) is 10. The number of aromatic nitrogens is 2. The number of aromatic amines is 1. The van der Waals surface area contributed by atoms with Crippen LogP contribution in [0.3, 0.4) is 0 Å². The van der Waals surface area contributed by atoms with E-state index in [-0.39, 0.29) is 19.3 Å². The summed E-state index contributed by atoms with van der Waals surface area (Å²) in [6.07, 6.45) is 0.563. The second-order valence-electron chi connectivity index (χ2n) is 15.4. The predicted molar refractivity (Wildman–Crippen MR) is 220 cm³/mol. The Hall–Kier alpha value is -6.67. The van der Waals surface area contributed by atoms with Gasteiger partial charge in [-0.2, -0.15) is 0 Å². The van der Waals surface area contributed by atoms with Crippen molar-refractivity contribution in [1.29, 1.82) is 0 Å². The summed E-state index contributed by atoms with van der Waals surface area (Å²) in [4.78, 5) is 112. The minimum atomic E-state index is -1.64. The molecule has 61 heavy (non-hydrogen) atoms. The highest BCUT2D eigenvalue weighted by molar-refractivity contribution is 5.98. The van der Waals surface area contributed by atoms with Gasteiger partial charge >= 0.3 is 5.97 Å². The SMILES string of the molecule is C[C@H](NC(=O)[C@H](Cc1ccccc1)NC(=O)[C@@H](N)[C@@H](C)O)C(=O)N[C@@H](Cc1cnc[nH]1)C(=O)N[C@@H](CC(N)=O)C(=O)N[C@@H](Cc1ccccc1)C(=O)NCC(=O)OC(C)(C)C. The van der Waals surface area contributed by atoms with Gasteiger partial charge in [-0.05, 0) is 45.7 Å². The number of imidazole rings is 1. The van der Waals surface area contributed by atoms with Crippen LogP contribution in [0.4, 0.5) is 0 Å². The Labute approximate surface area is 353 Å². The van der Waals surface area contributed by atoms with E-state index in [0.29, 0.717) is 16.8 Å². The lowest BCUT2D eigenvalue weighted by molar-refractivity contribution is -0.154. The van der Waals surface area contributed by atoms with Gasteiger partial charge in [0.15, 0.2) is 0 Å². The second-order valence-corrected chi connectivity index (χ2v) is 15.4. The number of aliphatic hydroxyl groups is 1. The number of nitrogens with one attached hydrogen (secondary N) is 7. The van der Waals surface area contributed by atoms with Gasteiger partial charge in [-0.1, -0.05) is 60.7 Å². The minimum absolute atomic E-state index is 0.00502. The van der Waals surface area contributed by atoms with Gasteiger partial charge in [0.2, 0.25) is 41.4 Å². The minimum Gasteiger partial charge on any atom is -0.459 e. The monoisotopic (exact) mass is 848 g/mol. The first-order valence-electron chi connectivity index (χ1n) is 19.5. The van der Waals surface area contributed by atoms with Crippen molar-refractivity contribution < 1.29 is 48.2 Å². The first-order valence-corrected chi connectivity index (χ1v) is 19.5. The fourth-order valence-corrected chi connectivity index (χ4v) is 5.72. The highest BCUT2D eigenvalue weighted by Gasteiger charge is 2.33. The van der Waals surface area contributed by atoms with Gasteiger partial charge in [0, 0.05) is 31.2 Å². The molecule has 0 radical (unpaired) electrons. The maximum Gasteiger partial charge on any atom is 0.325 e. The average molecular weight is 849 g/mol. The van der Waals surface area contributed by atoms with E-state index < -0.39 is 108 Å². The molecule has 2 aromatic carbocycles. The number of ether oxygens (including phenoxy) is 1. The predicted octanol–water partition coefficient (Wildman–Crippen LogP) is -2.08. The van der Waals surface area contributed by atoms with E-state index in [1.807, 2.05) is 0 Å². The molecule has 7 atom stereocenters. The number of amides is 7. The number of nitrogens with zero attached hydrogens (tertiary/aromatic N) is 1. The molecule has 0 aliphatic rings. The molecule has 3 rings (SSSR count). The summed E-state index contributed by atoms with van der Waals surface area (Å²) >= 11 is 0. The van der Waals surface area contributed by atoms with E-state index in [1.165, 1.54) is 26.4 Å². The lowest BCUT2D eigenvalue weighted by Gasteiger charge is -2.26. The Morgan fingerprint density at radius 1 is 0.689 bits per heavy atom. The maximum absolute atomic E-state index is 13.9. The van der Waals surface area contributed by atoms with Crippen molar-refractivity contribution in [3.05, 3.63) is 90.0 Å². The van der Waals surface area contributed by atoms with Gasteiger partial charge in [0.05, 0.1) is 18.9 Å². The van der Waals surface area contributed by atoms with Crippen molar-refractivity contribution >= 4 is 47.3 Å². The molecule has 3 aromatic rings. The lowest BCUT2D eigenvalue weighted by Crippen LogP contribution is -2.60. The Morgan fingerprint density at radius 3 is 1.67 bits per heavy atom. The molecule has 330 valence electrons. The molecule has 0 bridgehead atoms. The lowest BCUT2D eigenvalue weighted by atomic mass is 10.0. The van der Waals surface area contributed by atoms with E-state index in [4.69, 9.17) is 16.2 Å². The summed E-state index contributed by atoms with van der Waals surface area (Å²) in [7, 11) is 0. The number of carbonyl (C=O) groups excluding carboxylic acids is 8. The molecule has 12 N–H and O–H groups in total. The highest BCUT2D eigenvalue weighted by atomic mass is 16.6. The fourth-order valence-electron chi connectivity index (χ4n) is 5.72. The molecule has 20 nitrogen and oxygen atoms in total. The fraction of sp³-hybridized carbons (Fsp3) is 0.439. The van der Waals surface area contributed by atoms with Crippen molar-refractivity contribution in [2.75, 3.05) is 6.54 Å². The number of esters is 1. The Morgan fingerprint density at radius 2 is 1.16 bits per heavy atom. The van der Waals surface area contributed by atoms with Crippen LogP contribution in [0.1, 0.15) is 57.9 Å². The Bertz CT molecular complexity index is 1960. The number of primary amides is 1. The van der Waals surface area contributed by atoms with Crippen molar-refractivity contribution in [3.8, 4) is 0 Å². The molecular formula is C41H56N10O10. The van der Waals surface area contributed by atoms with Crippen LogP contribution in [0.15, 0.2) is 73.2 Å². The van der Waals surface area contributed by atoms with E-state index in [0.717, 1.165) is 0 Å².